The van der Waals surface area contributed by atoms with Gasteiger partial charge >= 0.3 is 0 Å². The Kier molecular flexibility index (Phi) is 8.43. The number of aromatic nitrogens is 1. The summed E-state index contributed by atoms with van der Waals surface area (Å²) in [5.41, 5.74) is 4.68. The second-order valence-electron chi connectivity index (χ2n) is 11.5. The van der Waals surface area contributed by atoms with E-state index in [1.54, 1.807) is 30.3 Å². The van der Waals surface area contributed by atoms with Gasteiger partial charge in [0.2, 0.25) is 0 Å². The number of aryl methyl sites for hydroxylation is 1. The van der Waals surface area contributed by atoms with Crippen LogP contribution in [0.25, 0.3) is 11.6 Å². The van der Waals surface area contributed by atoms with Crippen LogP contribution in [0, 0.1) is 6.92 Å². The first-order valence-corrected chi connectivity index (χ1v) is 17.1. The monoisotopic (exact) mass is 640 g/mol. The van der Waals surface area contributed by atoms with Gasteiger partial charge in [0.15, 0.2) is 9.84 Å². The Morgan fingerprint density at radius 1 is 0.953 bits per heavy atom. The molecule has 8 nitrogen and oxygen atoms in total. The molecule has 0 aliphatic carbocycles. The van der Waals surface area contributed by atoms with Crippen molar-refractivity contribution < 1.29 is 18.0 Å². The van der Waals surface area contributed by atoms with Gasteiger partial charge in [-0.15, -0.1) is 0 Å². The molecule has 2 N–H and O–H groups in total. The number of likely N-dealkylation sites (tertiary alicyclic amines) is 1. The van der Waals surface area contributed by atoms with E-state index in [9.17, 15) is 18.0 Å². The molecule has 226 valence electrons. The number of benzene rings is 2. The molecule has 1 aromatic heterocycles. The fourth-order valence-electron chi connectivity index (χ4n) is 6.26. The lowest BCUT2D eigenvalue weighted by Crippen LogP contribution is -2.40. The van der Waals surface area contributed by atoms with E-state index in [0.717, 1.165) is 50.3 Å². The number of sulfone groups is 1. The lowest BCUT2D eigenvalue weighted by Gasteiger charge is -2.29. The molecule has 2 aromatic carbocycles. The third-order valence-corrected chi connectivity index (χ3v) is 11.0. The van der Waals surface area contributed by atoms with Crippen LogP contribution >= 0.6 is 23.2 Å². The number of H-pyrrole nitrogens is 1. The van der Waals surface area contributed by atoms with Crippen molar-refractivity contribution in [1.82, 2.24) is 14.8 Å². The summed E-state index contributed by atoms with van der Waals surface area (Å²) < 4.78 is 26.8. The average molecular weight is 642 g/mol. The number of fused-ring (bicyclic) bond motifs is 2. The highest BCUT2D eigenvalue weighted by molar-refractivity contribution is 7.90. The minimum absolute atomic E-state index is 0.0193. The summed E-state index contributed by atoms with van der Waals surface area (Å²) in [7, 11) is -3.83. The minimum Gasteiger partial charge on any atom is -0.358 e. The number of hydrogen-bond acceptors (Lipinski definition) is 5. The molecule has 0 unspecified atom stereocenters. The van der Waals surface area contributed by atoms with Crippen molar-refractivity contribution in [2.24, 2.45) is 0 Å². The number of anilines is 1. The molecule has 6 rings (SSSR count). The summed E-state index contributed by atoms with van der Waals surface area (Å²) in [4.78, 5) is 34.6. The number of halogens is 2. The number of rotatable bonds is 7. The maximum Gasteiger partial charge on any atom is 0.256 e. The maximum atomic E-state index is 13.7. The highest BCUT2D eigenvalue weighted by Gasteiger charge is 2.31. The van der Waals surface area contributed by atoms with E-state index < -0.39 is 9.84 Å². The molecule has 0 bridgehead atoms. The van der Waals surface area contributed by atoms with Gasteiger partial charge in [0.1, 0.15) is 0 Å². The number of amides is 2. The Morgan fingerprint density at radius 2 is 1.70 bits per heavy atom. The Morgan fingerprint density at radius 3 is 2.44 bits per heavy atom. The van der Waals surface area contributed by atoms with Gasteiger partial charge in [0.05, 0.1) is 21.8 Å². The van der Waals surface area contributed by atoms with E-state index in [2.05, 4.69) is 15.2 Å². The van der Waals surface area contributed by atoms with Crippen molar-refractivity contribution in [2.45, 2.75) is 49.7 Å². The molecule has 4 heterocycles. The molecule has 0 atom stereocenters. The smallest absolute Gasteiger partial charge is 0.256 e. The standard InChI is InChI=1S/C32H34Cl2N4O4S/c1-20-29(35-28-9-6-14-38(32(40)30(20)28)16-15-37-12-3-2-4-13-37)18-23-22-17-21(10-11-27(22)36-31(23)39)43(41,42)19-24-25(33)7-5-8-26(24)34/h5,7-8,10-11,17-18,35H,2-4,6,9,12-16,19H2,1H3,(H,36,39)/b23-18-. The molecule has 43 heavy (non-hydrogen) atoms. The van der Waals surface area contributed by atoms with Crippen molar-refractivity contribution in [2.75, 3.05) is 38.0 Å². The third kappa shape index (κ3) is 6.00. The third-order valence-electron chi connectivity index (χ3n) is 8.67. The Hall–Kier alpha value is -3.11. The van der Waals surface area contributed by atoms with Crippen molar-refractivity contribution >= 4 is 62.2 Å². The summed E-state index contributed by atoms with van der Waals surface area (Å²) in [5.74, 6) is -0.688. The van der Waals surface area contributed by atoms with Crippen LogP contribution in [0.5, 0.6) is 0 Å². The molecular formula is C32H34Cl2N4O4S. The first-order valence-electron chi connectivity index (χ1n) is 14.7. The van der Waals surface area contributed by atoms with E-state index in [-0.39, 0.29) is 32.5 Å². The van der Waals surface area contributed by atoms with Gasteiger partial charge in [-0.3, -0.25) is 9.59 Å². The van der Waals surface area contributed by atoms with E-state index in [0.29, 0.717) is 40.2 Å². The topological polar surface area (TPSA) is 103 Å². The van der Waals surface area contributed by atoms with Gasteiger partial charge in [0.25, 0.3) is 11.8 Å². The number of carbonyl (C=O) groups excluding carboxylic acids is 2. The second-order valence-corrected chi connectivity index (χ2v) is 14.3. The zero-order valence-corrected chi connectivity index (χ0v) is 26.3. The quantitative estimate of drug-likeness (QED) is 0.310. The first kappa shape index (κ1) is 29.9. The number of nitrogens with zero attached hydrogens (tertiary/aromatic N) is 2. The van der Waals surface area contributed by atoms with Crippen LogP contribution in [0.4, 0.5) is 5.69 Å². The van der Waals surface area contributed by atoms with E-state index >= 15 is 0 Å². The largest absolute Gasteiger partial charge is 0.358 e. The Bertz CT molecular complexity index is 1720. The number of aromatic amines is 1. The van der Waals surface area contributed by atoms with Crippen molar-refractivity contribution in [3.8, 4) is 0 Å². The van der Waals surface area contributed by atoms with Gasteiger partial charge in [-0.05, 0) is 87.7 Å². The second kappa shape index (κ2) is 12.1. The van der Waals surface area contributed by atoms with Gasteiger partial charge in [0, 0.05) is 57.9 Å². The van der Waals surface area contributed by atoms with Crippen molar-refractivity contribution in [1.29, 1.82) is 0 Å². The molecule has 0 radical (unpaired) electrons. The minimum atomic E-state index is -3.83. The molecule has 0 spiro atoms. The van der Waals surface area contributed by atoms with Gasteiger partial charge < -0.3 is 20.1 Å². The molecular weight excluding hydrogens is 607 g/mol. The number of nitrogens with one attached hydrogen (secondary N) is 2. The van der Waals surface area contributed by atoms with Gasteiger partial charge in [-0.2, -0.15) is 0 Å². The van der Waals surface area contributed by atoms with Crippen LogP contribution in [-0.2, 0) is 26.8 Å². The predicted molar refractivity (Wildman–Crippen MR) is 170 cm³/mol. The van der Waals surface area contributed by atoms with E-state index in [1.165, 1.54) is 31.4 Å². The van der Waals surface area contributed by atoms with Crippen molar-refractivity contribution in [3.63, 3.8) is 0 Å². The van der Waals surface area contributed by atoms with Crippen LogP contribution < -0.4 is 5.32 Å². The molecule has 11 heteroatoms. The lowest BCUT2D eigenvalue weighted by atomic mass is 10.0. The summed E-state index contributed by atoms with van der Waals surface area (Å²) in [6.45, 7) is 6.38. The van der Waals surface area contributed by atoms with Crippen molar-refractivity contribution in [3.05, 3.63) is 80.1 Å². The van der Waals surface area contributed by atoms with Gasteiger partial charge in [-0.1, -0.05) is 35.7 Å². The van der Waals surface area contributed by atoms with Crippen LogP contribution in [-0.4, -0.2) is 67.7 Å². The van der Waals surface area contributed by atoms with E-state index in [1.807, 2.05) is 11.8 Å². The normalized spacial score (nSPS) is 18.5. The SMILES string of the molecule is Cc1c(/C=C2\C(=O)Nc3ccc(S(=O)(=O)Cc4c(Cl)cccc4Cl)cc32)[nH]c2c1C(=O)N(CCN1CCCCC1)CCC2. The zero-order chi connectivity index (χ0) is 30.3. The van der Waals surface area contributed by atoms with Crippen LogP contribution in [0.2, 0.25) is 10.0 Å². The first-order chi connectivity index (χ1) is 20.6. The molecule has 3 aromatic rings. The molecule has 0 saturated carbocycles. The predicted octanol–water partition coefficient (Wildman–Crippen LogP) is 5.97. The molecule has 3 aliphatic heterocycles. The summed E-state index contributed by atoms with van der Waals surface area (Å²) in [6, 6.07) is 9.44. The number of piperidine rings is 1. The van der Waals surface area contributed by atoms with E-state index in [4.69, 9.17) is 23.2 Å². The fraction of sp³-hybridized carbons (Fsp3) is 0.375. The summed E-state index contributed by atoms with van der Waals surface area (Å²) in [6.07, 6.45) is 7.02. The zero-order valence-electron chi connectivity index (χ0n) is 24.0. The van der Waals surface area contributed by atoms with Crippen LogP contribution in [0.1, 0.15) is 64.1 Å². The highest BCUT2D eigenvalue weighted by Crippen LogP contribution is 2.37. The highest BCUT2D eigenvalue weighted by atomic mass is 35.5. The molecule has 3 aliphatic rings. The van der Waals surface area contributed by atoms with Gasteiger partial charge in [-0.25, -0.2) is 8.42 Å². The lowest BCUT2D eigenvalue weighted by molar-refractivity contribution is -0.110. The fourth-order valence-corrected chi connectivity index (χ4v) is 8.38. The van der Waals surface area contributed by atoms with Crippen LogP contribution in [0.3, 0.4) is 0 Å². The molecule has 1 saturated heterocycles. The number of carbonyl (C=O) groups is 2. The molecule has 1 fully saturated rings. The molecule has 2 amide bonds. The average Bonchev–Trinajstić information content (AvgIpc) is 3.41. The summed E-state index contributed by atoms with van der Waals surface area (Å²) in [5, 5.41) is 3.38. The van der Waals surface area contributed by atoms with Crippen LogP contribution in [0.15, 0.2) is 41.3 Å². The Balaban J connectivity index is 1.28. The summed E-state index contributed by atoms with van der Waals surface area (Å²) >= 11 is 12.5. The number of hydrogen-bond donors (Lipinski definition) is 2. The Labute approximate surface area is 262 Å². The maximum absolute atomic E-state index is 13.7.